The topological polar surface area (TPSA) is 40.9 Å². The smallest absolute Gasteiger partial charge is 0.0809 e. The van der Waals surface area contributed by atoms with Crippen LogP contribution in [-0.4, -0.2) is 15.4 Å². The van der Waals surface area contributed by atoms with Crippen molar-refractivity contribution in [1.29, 1.82) is 0 Å². The molecule has 0 bridgehead atoms. The minimum Gasteiger partial charge on any atom is -0.168 e. The van der Waals surface area contributed by atoms with Gasteiger partial charge >= 0.3 is 35.6 Å². The number of hydrogen-bond acceptors (Lipinski definition) is 1. The van der Waals surface area contributed by atoms with Crippen LogP contribution in [0.5, 0.6) is 0 Å². The van der Waals surface area contributed by atoms with Crippen LogP contribution in [0, 0.1) is 0 Å². The van der Waals surface area contributed by atoms with Gasteiger partial charge in [-0.05, 0) is 11.0 Å². The first-order valence-corrected chi connectivity index (χ1v) is 15.0. The molecule has 0 aliphatic rings. The zero-order valence-corrected chi connectivity index (χ0v) is 21.1. The van der Waals surface area contributed by atoms with E-state index in [9.17, 15) is 4.79 Å². The zero-order valence-electron chi connectivity index (χ0n) is 17.0. The van der Waals surface area contributed by atoms with Gasteiger partial charge in [0.15, 0.2) is 0 Å². The summed E-state index contributed by atoms with van der Waals surface area (Å²) in [5.41, 5.74) is 8.47. The second kappa shape index (κ2) is 14.9. The SMILES string of the molecule is CC(C)(C)c1ccccc1C([NH-])=O.C[Si]C.[Cl][Ti][Cl].c1ccc2[cH-]ccc2c1. The van der Waals surface area contributed by atoms with Crippen LogP contribution in [0.4, 0.5) is 0 Å². The fourth-order valence-electron chi connectivity index (χ4n) is 2.41. The maximum atomic E-state index is 11.0. The van der Waals surface area contributed by atoms with E-state index in [2.05, 4.69) is 55.6 Å². The van der Waals surface area contributed by atoms with Crippen LogP contribution in [0.25, 0.3) is 16.5 Å². The van der Waals surface area contributed by atoms with E-state index in [1.165, 1.54) is 10.8 Å². The number of halogens is 2. The predicted molar refractivity (Wildman–Crippen MR) is 123 cm³/mol. The molecule has 0 heterocycles. The van der Waals surface area contributed by atoms with Crippen LogP contribution in [0.1, 0.15) is 36.7 Å². The molecule has 0 saturated heterocycles. The Kier molecular flexibility index (Phi) is 14.4. The predicted octanol–water partition coefficient (Wildman–Crippen LogP) is 7.90. The van der Waals surface area contributed by atoms with E-state index in [0.717, 1.165) is 15.1 Å². The Hall–Kier alpha value is -0.969. The quantitative estimate of drug-likeness (QED) is 0.264. The van der Waals surface area contributed by atoms with Crippen LogP contribution in [0.3, 0.4) is 0 Å². The molecule has 0 atom stereocenters. The van der Waals surface area contributed by atoms with Gasteiger partial charge in [-0.2, -0.15) is 17.5 Å². The van der Waals surface area contributed by atoms with E-state index in [1.54, 1.807) is 12.1 Å². The molecule has 3 aromatic rings. The minimum absolute atomic E-state index is 0.0761. The molecule has 2 nitrogen and oxygen atoms in total. The Morgan fingerprint density at radius 2 is 1.50 bits per heavy atom. The average Bonchev–Trinajstić information content (AvgIpc) is 3.12. The van der Waals surface area contributed by atoms with E-state index in [4.69, 9.17) is 24.3 Å². The normalized spacial score (nSPS) is 9.68. The van der Waals surface area contributed by atoms with Gasteiger partial charge in [-0.3, -0.25) is 0 Å². The Morgan fingerprint density at radius 3 is 1.96 bits per heavy atom. The fourth-order valence-corrected chi connectivity index (χ4v) is 2.41. The average molecular weight is 468 g/mol. The molecule has 1 amide bonds. The van der Waals surface area contributed by atoms with Gasteiger partial charge in [-0.15, -0.1) is 29.7 Å². The van der Waals surface area contributed by atoms with Crippen molar-refractivity contribution < 1.29 is 21.8 Å². The maximum absolute atomic E-state index is 11.0. The number of amides is 1. The van der Waals surface area contributed by atoms with Crippen molar-refractivity contribution in [3.05, 3.63) is 83.6 Å². The third-order valence-corrected chi connectivity index (χ3v) is 3.53. The standard InChI is InChI=1S/C11H15NO.C9H7.C2H6Si.2ClH.Ti/c1-11(2,3)9-7-5-4-6-8(9)10(12)13;1-2-5-9-7-3-6-8(9)4-1;1-3-2;;;/h4-7H,1-3H3,(H2,12,13);1-7H;1-2H3;2*1H;/q;-1;;;;+2/p-3. The molecule has 0 fully saturated rings. The van der Waals surface area contributed by atoms with Gasteiger partial charge in [0.2, 0.25) is 0 Å². The van der Waals surface area contributed by atoms with Crippen molar-refractivity contribution in [3.63, 3.8) is 0 Å². The summed E-state index contributed by atoms with van der Waals surface area (Å²) in [5.74, 6) is -0.606. The van der Waals surface area contributed by atoms with Crippen molar-refractivity contribution in [1.82, 2.24) is 0 Å². The summed E-state index contributed by atoms with van der Waals surface area (Å²) in [6.45, 7) is 10.4. The van der Waals surface area contributed by atoms with E-state index >= 15 is 0 Å². The fraction of sp³-hybridized carbons (Fsp3) is 0.273. The second-order valence-corrected chi connectivity index (χ2v) is 10.4. The maximum Gasteiger partial charge on any atom is -0.0809 e. The van der Waals surface area contributed by atoms with Crippen LogP contribution >= 0.6 is 18.6 Å². The van der Waals surface area contributed by atoms with Gasteiger partial charge in [0.25, 0.3) is 0 Å². The summed E-state index contributed by atoms with van der Waals surface area (Å²) in [6, 6.07) is 22.0. The summed E-state index contributed by atoms with van der Waals surface area (Å²) >= 11 is -0.556. The summed E-state index contributed by atoms with van der Waals surface area (Å²) in [6.07, 6.45) is 0. The number of carbonyl (C=O) groups is 1. The molecule has 1 N–H and O–H groups in total. The van der Waals surface area contributed by atoms with Crippen molar-refractivity contribution in [2.75, 3.05) is 0 Å². The minimum atomic E-state index is -0.606. The van der Waals surface area contributed by atoms with E-state index in [0.29, 0.717) is 5.56 Å². The summed E-state index contributed by atoms with van der Waals surface area (Å²) in [5, 5.41) is 2.66. The molecular formula is C22H27Cl2NOSiTi-2. The van der Waals surface area contributed by atoms with Gasteiger partial charge in [-0.1, -0.05) is 64.2 Å². The molecule has 150 valence electrons. The molecule has 3 aromatic carbocycles. The number of benzene rings is 2. The van der Waals surface area contributed by atoms with Gasteiger partial charge in [0.05, 0.1) is 5.91 Å². The molecule has 0 aliphatic heterocycles. The third-order valence-electron chi connectivity index (χ3n) is 3.53. The molecular weight excluding hydrogens is 441 g/mol. The summed E-state index contributed by atoms with van der Waals surface area (Å²) < 4.78 is 0. The summed E-state index contributed by atoms with van der Waals surface area (Å²) in [7, 11) is 10.9. The Balaban J connectivity index is 0.000000419. The Morgan fingerprint density at radius 1 is 1.00 bits per heavy atom. The molecule has 0 unspecified atom stereocenters. The molecule has 0 spiro atoms. The number of nitrogens with one attached hydrogen (secondary N) is 1. The van der Waals surface area contributed by atoms with Crippen LogP contribution in [-0.2, 0) is 22.4 Å². The number of carbonyl (C=O) groups excluding carboxylic acids is 1. The molecule has 6 heteroatoms. The first-order chi connectivity index (χ1) is 13.2. The largest absolute Gasteiger partial charge is 0.168 e. The Labute approximate surface area is 188 Å². The molecule has 2 radical (unpaired) electrons. The van der Waals surface area contributed by atoms with E-state index in [1.807, 2.05) is 32.9 Å². The first kappa shape index (κ1) is 27.0. The van der Waals surface area contributed by atoms with Crippen molar-refractivity contribution >= 4 is 44.8 Å². The molecule has 0 saturated carbocycles. The number of fused-ring (bicyclic) bond motifs is 1. The zero-order chi connectivity index (χ0) is 21.6. The molecule has 0 aliphatic carbocycles. The van der Waals surface area contributed by atoms with Crippen molar-refractivity contribution in [2.45, 2.75) is 39.3 Å². The Bertz CT molecular complexity index is 783. The molecule has 0 aromatic heterocycles. The van der Waals surface area contributed by atoms with Gasteiger partial charge < -0.3 is 10.5 Å². The monoisotopic (exact) mass is 467 g/mol. The van der Waals surface area contributed by atoms with Gasteiger partial charge in [0.1, 0.15) is 0 Å². The summed E-state index contributed by atoms with van der Waals surface area (Å²) in [4.78, 5) is 11.0. The van der Waals surface area contributed by atoms with Crippen molar-refractivity contribution in [2.24, 2.45) is 0 Å². The third kappa shape index (κ3) is 10.5. The second-order valence-electron chi connectivity index (χ2n) is 6.85. The number of rotatable bonds is 1. The van der Waals surface area contributed by atoms with Crippen LogP contribution in [0.2, 0.25) is 13.1 Å². The van der Waals surface area contributed by atoms with Gasteiger partial charge in [0, 0.05) is 15.1 Å². The van der Waals surface area contributed by atoms with Crippen molar-refractivity contribution in [3.8, 4) is 0 Å². The van der Waals surface area contributed by atoms with Gasteiger partial charge in [-0.25, -0.2) is 0 Å². The first-order valence-electron chi connectivity index (χ1n) is 8.73. The molecule has 28 heavy (non-hydrogen) atoms. The van der Waals surface area contributed by atoms with E-state index < -0.39 is 22.9 Å². The van der Waals surface area contributed by atoms with Crippen LogP contribution in [0.15, 0.2) is 66.7 Å². The van der Waals surface area contributed by atoms with E-state index in [-0.39, 0.29) is 5.41 Å². The van der Waals surface area contributed by atoms with Crippen LogP contribution < -0.4 is 0 Å². The molecule has 3 rings (SSSR count). The number of hydrogen-bond donors (Lipinski definition) is 0.